The monoisotopic (exact) mass is 184 g/mol. The fraction of sp³-hybridized carbons (Fsp3) is 1.00. The molecule has 0 aliphatic heterocycles. The maximum atomic E-state index is 8.93. The van der Waals surface area contributed by atoms with Crippen molar-refractivity contribution in [3.63, 3.8) is 0 Å². The minimum Gasteiger partial charge on any atom is -0.237 e. The number of rotatable bonds is 0. The molecule has 0 aromatic heterocycles. The second kappa shape index (κ2) is 8.91. The molecule has 22 valence electrons. The largest absolute Gasteiger partial charge is 0.237 e. The molecule has 0 fully saturated rings. The fourth-order valence-electron chi connectivity index (χ4n) is 0. The Labute approximate surface area is 54.0 Å². The van der Waals surface area contributed by atoms with Crippen LogP contribution in [0, 0.1) is 35.6 Å². The zero-order valence-electron chi connectivity index (χ0n) is 2.69. The van der Waals surface area contributed by atoms with Crippen molar-refractivity contribution in [1.82, 2.24) is 0 Å². The summed E-state index contributed by atoms with van der Waals surface area (Å²) in [6, 6.07) is 0. The molecule has 0 unspecified atom stereocenters. The van der Waals surface area contributed by atoms with Gasteiger partial charge in [-0.1, -0.05) is 0 Å². The van der Waals surface area contributed by atoms with E-state index in [0.717, 1.165) is 0 Å². The van der Waals surface area contributed by atoms with Gasteiger partial charge < -0.3 is 0 Å². The van der Waals surface area contributed by atoms with Crippen LogP contribution in [-0.4, -0.2) is 6.61 Å². The Balaban J connectivity index is 0. The Hall–Kier alpha value is 1.15. The van der Waals surface area contributed by atoms with Gasteiger partial charge in [0, 0.05) is 35.6 Å². The topological polar surface area (TPSA) is 19.9 Å². The van der Waals surface area contributed by atoms with Crippen LogP contribution in [0.1, 0.15) is 6.92 Å². The second-order valence-corrected chi connectivity index (χ2v) is 0.289. The van der Waals surface area contributed by atoms with Gasteiger partial charge in [0.1, 0.15) is 0 Å². The van der Waals surface area contributed by atoms with Gasteiger partial charge in [-0.3, -0.25) is 0 Å². The van der Waals surface area contributed by atoms with Crippen molar-refractivity contribution >= 4 is 0 Å². The molecule has 0 heterocycles. The molecule has 0 saturated carbocycles. The fourth-order valence-corrected chi connectivity index (χ4v) is 0. The SMILES string of the molecule is CC[O].[La]. The van der Waals surface area contributed by atoms with E-state index in [9.17, 15) is 0 Å². The maximum absolute atomic E-state index is 8.93. The third-order valence-electron chi connectivity index (χ3n) is 0. The molecule has 2 radical (unpaired) electrons. The van der Waals surface area contributed by atoms with Crippen LogP contribution in [0.4, 0.5) is 0 Å². The first-order chi connectivity index (χ1) is 1.41. The van der Waals surface area contributed by atoms with E-state index in [1.165, 1.54) is 0 Å². The summed E-state index contributed by atoms with van der Waals surface area (Å²) in [5.74, 6) is 0. The molecule has 2 heteroatoms. The molecular formula is C2H5LaO. The normalized spacial score (nSPS) is 4.50. The zero-order chi connectivity index (χ0) is 2.71. The average Bonchev–Trinajstić information content (AvgIpc) is 0.918. The van der Waals surface area contributed by atoms with Crippen molar-refractivity contribution in [2.75, 3.05) is 6.61 Å². The third-order valence-corrected chi connectivity index (χ3v) is 0. The van der Waals surface area contributed by atoms with Gasteiger partial charge in [0.05, 0.1) is 6.61 Å². The molecule has 0 bridgehead atoms. The molecule has 0 atom stereocenters. The molecule has 0 aromatic carbocycles. The first-order valence-electron chi connectivity index (χ1n) is 0.996. The molecule has 1 nitrogen and oxygen atoms in total. The van der Waals surface area contributed by atoms with E-state index in [-0.39, 0.29) is 42.2 Å². The summed E-state index contributed by atoms with van der Waals surface area (Å²) >= 11 is 0. The predicted octanol–water partition coefficient (Wildman–Crippen LogP) is 0.437. The van der Waals surface area contributed by atoms with E-state index in [0.29, 0.717) is 0 Å². The Kier molecular flexibility index (Phi) is 19.9. The minimum absolute atomic E-state index is 0. The van der Waals surface area contributed by atoms with Gasteiger partial charge in [0.15, 0.2) is 0 Å². The Bertz CT molecular complexity index is 6.00. The molecule has 0 aromatic rings. The Morgan fingerprint density at radius 2 is 1.75 bits per heavy atom. The van der Waals surface area contributed by atoms with Crippen LogP contribution in [0.25, 0.3) is 0 Å². The van der Waals surface area contributed by atoms with Crippen molar-refractivity contribution in [2.45, 2.75) is 6.92 Å². The van der Waals surface area contributed by atoms with Crippen molar-refractivity contribution in [3.05, 3.63) is 0 Å². The van der Waals surface area contributed by atoms with E-state index in [1.807, 2.05) is 0 Å². The summed E-state index contributed by atoms with van der Waals surface area (Å²) in [5, 5.41) is 8.93. The maximum Gasteiger partial charge on any atom is 0.0794 e. The van der Waals surface area contributed by atoms with E-state index in [1.54, 1.807) is 6.92 Å². The van der Waals surface area contributed by atoms with Crippen LogP contribution >= 0.6 is 0 Å². The van der Waals surface area contributed by atoms with E-state index in [2.05, 4.69) is 0 Å². The van der Waals surface area contributed by atoms with Gasteiger partial charge in [0.2, 0.25) is 0 Å². The summed E-state index contributed by atoms with van der Waals surface area (Å²) in [5.41, 5.74) is 0. The molecule has 0 amide bonds. The van der Waals surface area contributed by atoms with Crippen LogP contribution in [0.2, 0.25) is 0 Å². The van der Waals surface area contributed by atoms with Crippen LogP contribution in [0.15, 0.2) is 0 Å². The molecule has 0 rings (SSSR count). The molecule has 4 heavy (non-hydrogen) atoms. The third kappa shape index (κ3) is 11.0. The second-order valence-electron chi connectivity index (χ2n) is 0.289. The van der Waals surface area contributed by atoms with Gasteiger partial charge in [-0.2, -0.15) is 0 Å². The quantitative estimate of drug-likeness (QED) is 0.520. The van der Waals surface area contributed by atoms with Crippen molar-refractivity contribution < 1.29 is 40.7 Å². The van der Waals surface area contributed by atoms with Crippen LogP contribution in [0.5, 0.6) is 0 Å². The number of hydrogen-bond acceptors (Lipinski definition) is 0. The summed E-state index contributed by atoms with van der Waals surface area (Å²) in [6.07, 6.45) is 0. The van der Waals surface area contributed by atoms with Gasteiger partial charge >= 0.3 is 0 Å². The van der Waals surface area contributed by atoms with Crippen LogP contribution in [-0.2, 0) is 5.11 Å². The molecular weight excluding hydrogens is 179 g/mol. The van der Waals surface area contributed by atoms with Crippen molar-refractivity contribution in [2.24, 2.45) is 0 Å². The summed E-state index contributed by atoms with van der Waals surface area (Å²) < 4.78 is 0. The van der Waals surface area contributed by atoms with Crippen LogP contribution in [0.3, 0.4) is 0 Å². The molecule has 0 saturated heterocycles. The summed E-state index contributed by atoms with van der Waals surface area (Å²) in [7, 11) is 0. The Morgan fingerprint density at radius 3 is 1.75 bits per heavy atom. The molecule has 0 N–H and O–H groups in total. The van der Waals surface area contributed by atoms with Crippen molar-refractivity contribution in [3.8, 4) is 0 Å². The van der Waals surface area contributed by atoms with E-state index < -0.39 is 0 Å². The van der Waals surface area contributed by atoms with Gasteiger partial charge in [0.25, 0.3) is 0 Å². The summed E-state index contributed by atoms with van der Waals surface area (Å²) in [4.78, 5) is 0. The van der Waals surface area contributed by atoms with Gasteiger partial charge in [-0.15, -0.1) is 0 Å². The smallest absolute Gasteiger partial charge is 0.0794 e. The van der Waals surface area contributed by atoms with Crippen molar-refractivity contribution in [1.29, 1.82) is 0 Å². The molecule has 0 aliphatic rings. The van der Waals surface area contributed by atoms with Gasteiger partial charge in [-0.05, 0) is 6.92 Å². The minimum atomic E-state index is 0. The first-order valence-corrected chi connectivity index (χ1v) is 0.996. The first kappa shape index (κ1) is 8.94. The standard InChI is InChI=1S/C2H5O.La/c1-2-3;/h2H2,1H3;. The van der Waals surface area contributed by atoms with E-state index >= 15 is 0 Å². The van der Waals surface area contributed by atoms with Crippen LogP contribution < -0.4 is 0 Å². The predicted molar refractivity (Wildman–Crippen MR) is 11.2 cm³/mol. The number of hydrogen-bond donors (Lipinski definition) is 0. The molecule has 0 spiro atoms. The zero-order valence-corrected chi connectivity index (χ0v) is 6.32. The van der Waals surface area contributed by atoms with E-state index in [4.69, 9.17) is 5.11 Å². The molecule has 0 aliphatic carbocycles. The average molecular weight is 184 g/mol. The van der Waals surface area contributed by atoms with Gasteiger partial charge in [-0.25, -0.2) is 5.11 Å². The summed E-state index contributed by atoms with van der Waals surface area (Å²) in [6.45, 7) is 1.57. The Morgan fingerprint density at radius 1 is 1.75 bits per heavy atom.